The topological polar surface area (TPSA) is 63.2 Å². The van der Waals surface area contributed by atoms with E-state index in [0.29, 0.717) is 24.4 Å². The zero-order valence-electron chi connectivity index (χ0n) is 17.2. The third-order valence-corrected chi connectivity index (χ3v) is 8.30. The highest BCUT2D eigenvalue weighted by molar-refractivity contribution is 8.00. The van der Waals surface area contributed by atoms with Crippen LogP contribution in [0.3, 0.4) is 0 Å². The van der Waals surface area contributed by atoms with Crippen molar-refractivity contribution in [2.24, 2.45) is 0 Å². The van der Waals surface area contributed by atoms with Gasteiger partial charge in [0.05, 0.1) is 5.25 Å². The molecule has 0 unspecified atom stereocenters. The lowest BCUT2D eigenvalue weighted by molar-refractivity contribution is -0.127. The second-order valence-corrected chi connectivity index (χ2v) is 10.3. The highest BCUT2D eigenvalue weighted by atomic mass is 32.2. The number of carbonyl (C=O) groups is 2. The van der Waals surface area contributed by atoms with Crippen LogP contribution < -0.4 is 0 Å². The minimum atomic E-state index is -0.404. The second-order valence-electron chi connectivity index (χ2n) is 8.02. The molecule has 2 aromatic heterocycles. The fourth-order valence-corrected chi connectivity index (χ4v) is 7.03. The fourth-order valence-electron chi connectivity index (χ4n) is 4.35. The summed E-state index contributed by atoms with van der Waals surface area (Å²) >= 11 is 3.21. The number of aryl methyl sites for hydroxylation is 3. The second kappa shape index (κ2) is 8.31. The average molecular weight is 456 g/mol. The molecule has 0 N–H and O–H groups in total. The number of carbonyl (C=O) groups excluding carboxylic acids is 2. The number of hydrogen-bond acceptors (Lipinski definition) is 6. The lowest BCUT2D eigenvalue weighted by Crippen LogP contribution is -2.41. The molecule has 0 saturated carbocycles. The number of hydrogen-bond donors (Lipinski definition) is 0. The van der Waals surface area contributed by atoms with E-state index in [1.54, 1.807) is 11.3 Å². The lowest BCUT2D eigenvalue weighted by Gasteiger charge is -2.22. The Morgan fingerprint density at radius 3 is 2.77 bits per heavy atom. The molecule has 0 bridgehead atoms. The van der Waals surface area contributed by atoms with Crippen molar-refractivity contribution >= 4 is 45.1 Å². The highest BCUT2D eigenvalue weighted by Gasteiger charge is 2.33. The average Bonchev–Trinajstić information content (AvgIpc) is 3.28. The first-order valence-electron chi connectivity index (χ1n) is 10.6. The van der Waals surface area contributed by atoms with Gasteiger partial charge in [0.2, 0.25) is 5.91 Å². The molecule has 5 nitrogen and oxygen atoms in total. The molecule has 0 spiro atoms. The number of likely N-dealkylation sites (tertiary alicyclic amines) is 1. The summed E-state index contributed by atoms with van der Waals surface area (Å²) in [7, 11) is 0. The van der Waals surface area contributed by atoms with Gasteiger partial charge in [-0.15, -0.1) is 11.3 Å². The number of rotatable bonds is 3. The monoisotopic (exact) mass is 455 g/mol. The molecular weight excluding hydrogens is 433 g/mol. The molecule has 0 radical (unpaired) electrons. The van der Waals surface area contributed by atoms with Gasteiger partial charge in [-0.1, -0.05) is 18.2 Å². The Balaban J connectivity index is 1.46. The van der Waals surface area contributed by atoms with E-state index in [4.69, 9.17) is 4.98 Å². The molecule has 1 aliphatic carbocycles. The van der Waals surface area contributed by atoms with Gasteiger partial charge in [-0.25, -0.2) is 14.4 Å². The maximum atomic E-state index is 13.4. The summed E-state index contributed by atoms with van der Waals surface area (Å²) in [6.45, 7) is 2.27. The van der Waals surface area contributed by atoms with Crippen molar-refractivity contribution in [1.29, 1.82) is 0 Å². The third kappa shape index (κ3) is 3.87. The number of nitrogens with zero attached hydrogens (tertiary/aromatic N) is 3. The fraction of sp³-hybridized carbons (Fsp3) is 0.391. The summed E-state index contributed by atoms with van der Waals surface area (Å²) in [4.78, 5) is 39.5. The van der Waals surface area contributed by atoms with Crippen LogP contribution in [-0.2, 0) is 17.6 Å². The summed E-state index contributed by atoms with van der Waals surface area (Å²) in [5, 5.41) is 1.58. The maximum Gasteiger partial charge on any atom is 0.260 e. The molecule has 31 heavy (non-hydrogen) atoms. The van der Waals surface area contributed by atoms with Crippen LogP contribution in [0.15, 0.2) is 29.3 Å². The Labute approximate surface area is 188 Å². The van der Waals surface area contributed by atoms with Crippen LogP contribution in [0.25, 0.3) is 10.2 Å². The van der Waals surface area contributed by atoms with Gasteiger partial charge in [-0.3, -0.25) is 14.5 Å². The quantitative estimate of drug-likeness (QED) is 0.413. The molecule has 2 amide bonds. The SMILES string of the molecule is Cc1nc(S[C@H]2CCCCN(C(=O)c3ccc(F)cc3)C2=O)c2c3c(sc2n1)CCC3. The molecule has 3 heterocycles. The summed E-state index contributed by atoms with van der Waals surface area (Å²) in [6.07, 6.45) is 5.60. The van der Waals surface area contributed by atoms with Gasteiger partial charge in [0.15, 0.2) is 0 Å². The van der Waals surface area contributed by atoms with Crippen LogP contribution in [0.4, 0.5) is 4.39 Å². The van der Waals surface area contributed by atoms with Gasteiger partial charge < -0.3 is 0 Å². The first-order chi connectivity index (χ1) is 15.0. The van der Waals surface area contributed by atoms with Crippen molar-refractivity contribution in [1.82, 2.24) is 14.9 Å². The third-order valence-electron chi connectivity index (χ3n) is 5.87. The van der Waals surface area contributed by atoms with Crippen LogP contribution in [0, 0.1) is 12.7 Å². The normalized spacial score (nSPS) is 19.0. The Bertz CT molecular complexity index is 1180. The first-order valence-corrected chi connectivity index (χ1v) is 12.3. The number of fused-ring (bicyclic) bond motifs is 3. The highest BCUT2D eigenvalue weighted by Crippen LogP contribution is 2.42. The molecule has 1 saturated heterocycles. The van der Waals surface area contributed by atoms with E-state index in [2.05, 4.69) is 4.98 Å². The van der Waals surface area contributed by atoms with E-state index in [-0.39, 0.29) is 17.1 Å². The van der Waals surface area contributed by atoms with E-state index >= 15 is 0 Å². The molecule has 2 aliphatic rings. The Hall–Kier alpha value is -2.32. The number of amides is 2. The number of imide groups is 1. The van der Waals surface area contributed by atoms with Gasteiger partial charge in [0, 0.05) is 22.4 Å². The molecular formula is C23H22FN3O2S2. The van der Waals surface area contributed by atoms with E-state index in [0.717, 1.165) is 47.3 Å². The molecule has 1 aromatic carbocycles. The van der Waals surface area contributed by atoms with Crippen molar-refractivity contribution in [3.8, 4) is 0 Å². The maximum absolute atomic E-state index is 13.4. The van der Waals surface area contributed by atoms with Crippen LogP contribution in [0.1, 0.15) is 52.3 Å². The van der Waals surface area contributed by atoms with Crippen LogP contribution in [0.5, 0.6) is 0 Å². The number of thioether (sulfide) groups is 1. The summed E-state index contributed by atoms with van der Waals surface area (Å²) in [5.41, 5.74) is 1.67. The molecule has 3 aromatic rings. The van der Waals surface area contributed by atoms with Crippen molar-refractivity contribution in [2.75, 3.05) is 6.54 Å². The van der Waals surface area contributed by atoms with Gasteiger partial charge in [0.1, 0.15) is 21.5 Å². The standard InChI is InChI=1S/C23H22FN3O2S2/c1-13-25-20-19(16-5-4-7-17(16)30-20)21(26-13)31-18-6-2-3-12-27(23(18)29)22(28)14-8-10-15(24)11-9-14/h8-11,18H,2-7,12H2,1H3/t18-/m0/s1. The first kappa shape index (κ1) is 20.6. The molecule has 1 atom stereocenters. The van der Waals surface area contributed by atoms with E-state index < -0.39 is 5.82 Å². The predicted molar refractivity (Wildman–Crippen MR) is 120 cm³/mol. The van der Waals surface area contributed by atoms with Crippen molar-refractivity contribution in [3.05, 3.63) is 51.9 Å². The van der Waals surface area contributed by atoms with Gasteiger partial charge in [-0.2, -0.15) is 0 Å². The Morgan fingerprint density at radius 1 is 1.16 bits per heavy atom. The Kier molecular flexibility index (Phi) is 5.52. The van der Waals surface area contributed by atoms with Gasteiger partial charge >= 0.3 is 0 Å². The smallest absolute Gasteiger partial charge is 0.260 e. The van der Waals surface area contributed by atoms with E-state index in [1.165, 1.54) is 51.4 Å². The van der Waals surface area contributed by atoms with E-state index in [9.17, 15) is 14.0 Å². The molecule has 160 valence electrons. The van der Waals surface area contributed by atoms with Gasteiger partial charge in [0.25, 0.3) is 5.91 Å². The summed E-state index contributed by atoms with van der Waals surface area (Å²) in [6, 6.07) is 5.37. The summed E-state index contributed by atoms with van der Waals surface area (Å²) < 4.78 is 13.3. The molecule has 8 heteroatoms. The molecule has 1 fully saturated rings. The number of aromatic nitrogens is 2. The molecule has 1 aliphatic heterocycles. The summed E-state index contributed by atoms with van der Waals surface area (Å²) in [5.74, 6) is -0.250. The minimum absolute atomic E-state index is 0.187. The molecule has 5 rings (SSSR count). The lowest BCUT2D eigenvalue weighted by atomic mass is 10.2. The predicted octanol–water partition coefficient (Wildman–Crippen LogP) is 4.94. The van der Waals surface area contributed by atoms with Crippen LogP contribution in [0.2, 0.25) is 0 Å². The minimum Gasteiger partial charge on any atom is -0.278 e. The largest absolute Gasteiger partial charge is 0.278 e. The van der Waals surface area contributed by atoms with E-state index in [1.807, 2.05) is 6.92 Å². The van der Waals surface area contributed by atoms with Gasteiger partial charge in [-0.05, 0) is 68.9 Å². The zero-order valence-corrected chi connectivity index (χ0v) is 18.8. The van der Waals surface area contributed by atoms with Crippen molar-refractivity contribution < 1.29 is 14.0 Å². The zero-order chi connectivity index (χ0) is 21.5. The van der Waals surface area contributed by atoms with Crippen molar-refractivity contribution in [3.63, 3.8) is 0 Å². The van der Waals surface area contributed by atoms with Crippen LogP contribution >= 0.6 is 23.1 Å². The number of thiophene rings is 1. The van der Waals surface area contributed by atoms with Crippen LogP contribution in [-0.4, -0.2) is 38.5 Å². The number of benzene rings is 1. The number of halogens is 1. The Morgan fingerprint density at radius 2 is 1.97 bits per heavy atom. The van der Waals surface area contributed by atoms with Crippen molar-refractivity contribution in [2.45, 2.75) is 55.7 Å².